The Morgan fingerprint density at radius 2 is 1.78 bits per heavy atom. The summed E-state index contributed by atoms with van der Waals surface area (Å²) in [6.45, 7) is 1.90. The molecule has 1 atom stereocenters. The van der Waals surface area contributed by atoms with Crippen LogP contribution in [0.5, 0.6) is 5.75 Å². The Balaban J connectivity index is 1.50. The minimum atomic E-state index is -0.963. The number of hydrogen-bond acceptors (Lipinski definition) is 4. The first-order valence-electron chi connectivity index (χ1n) is 13.7. The van der Waals surface area contributed by atoms with Crippen LogP contribution in [0.3, 0.4) is 0 Å². The number of fused-ring (bicyclic) bond motifs is 4. The van der Waals surface area contributed by atoms with Gasteiger partial charge in [0.1, 0.15) is 11.6 Å². The van der Waals surface area contributed by atoms with E-state index in [0.29, 0.717) is 59.2 Å². The van der Waals surface area contributed by atoms with Gasteiger partial charge in [0.25, 0.3) is 5.91 Å². The second-order valence-electron chi connectivity index (χ2n) is 11.3. The van der Waals surface area contributed by atoms with E-state index in [9.17, 15) is 14.7 Å². The molecule has 3 aliphatic carbocycles. The maximum absolute atomic E-state index is 15.5. The molecule has 0 spiro atoms. The van der Waals surface area contributed by atoms with E-state index in [1.807, 2.05) is 55.5 Å². The van der Waals surface area contributed by atoms with E-state index in [-0.39, 0.29) is 12.3 Å². The molecular weight excluding hydrogens is 587 g/mol. The number of rotatable bonds is 6. The number of hydrogen-bond donors (Lipinski definition) is 2. The number of ether oxygens (including phenoxy) is 1. The molecule has 210 valence electrons. The minimum absolute atomic E-state index is 0.219. The number of nitrogens with zero attached hydrogens (tertiary/aromatic N) is 1. The number of carboxylic acid groups (broad SMARTS) is 1. The lowest BCUT2D eigenvalue weighted by atomic mass is 9.51. The number of benzene rings is 3. The quantitative estimate of drug-likeness (QED) is 0.235. The van der Waals surface area contributed by atoms with E-state index in [1.165, 1.54) is 13.2 Å². The van der Waals surface area contributed by atoms with Crippen molar-refractivity contribution in [1.82, 2.24) is 10.3 Å². The summed E-state index contributed by atoms with van der Waals surface area (Å²) in [5.74, 6) is -1.83. The second kappa shape index (κ2) is 10.2. The van der Waals surface area contributed by atoms with Gasteiger partial charge in [-0.15, -0.1) is 0 Å². The molecule has 1 amide bonds. The summed E-state index contributed by atoms with van der Waals surface area (Å²) in [5.41, 5.74) is 2.06. The van der Waals surface area contributed by atoms with Crippen LogP contribution in [0.1, 0.15) is 59.5 Å². The Morgan fingerprint density at radius 3 is 2.46 bits per heavy atom. The van der Waals surface area contributed by atoms with Crippen LogP contribution in [-0.2, 0) is 4.79 Å². The number of carbonyl (C=O) groups excluding carboxylic acids is 1. The van der Waals surface area contributed by atoms with Gasteiger partial charge in [-0.1, -0.05) is 52.3 Å². The molecule has 2 bridgehead atoms. The van der Waals surface area contributed by atoms with Crippen molar-refractivity contribution in [2.24, 2.45) is 5.41 Å². The number of amides is 1. The molecule has 2 N–H and O–H groups in total. The fourth-order valence-corrected chi connectivity index (χ4v) is 7.39. The molecule has 0 aliphatic heterocycles. The van der Waals surface area contributed by atoms with Crippen LogP contribution in [0, 0.1) is 18.2 Å². The van der Waals surface area contributed by atoms with E-state index in [2.05, 4.69) is 21.2 Å². The molecule has 4 aromatic rings. The predicted octanol–water partition coefficient (Wildman–Crippen LogP) is 7.42. The zero-order valence-electron chi connectivity index (χ0n) is 22.8. The SMILES string of the molecule is COc1cccc(F)c1[C@@H]1CC2(C(=O)O)CCC1(NC(=O)c1c(C)c(-c3ccccc3)nc3ccc(Br)cc13)CC2. The third kappa shape index (κ3) is 4.49. The van der Waals surface area contributed by atoms with E-state index in [4.69, 9.17) is 9.72 Å². The second-order valence-corrected chi connectivity index (χ2v) is 12.2. The highest BCUT2D eigenvalue weighted by atomic mass is 79.9. The Hall–Kier alpha value is -3.78. The van der Waals surface area contributed by atoms with Crippen molar-refractivity contribution in [2.45, 2.75) is 50.5 Å². The van der Waals surface area contributed by atoms with Gasteiger partial charge in [0.2, 0.25) is 0 Å². The largest absolute Gasteiger partial charge is 0.496 e. The lowest BCUT2D eigenvalue weighted by Gasteiger charge is -2.56. The van der Waals surface area contributed by atoms with Crippen LogP contribution in [0.4, 0.5) is 4.39 Å². The summed E-state index contributed by atoms with van der Waals surface area (Å²) in [7, 11) is 1.48. The first-order valence-corrected chi connectivity index (χ1v) is 14.5. The highest BCUT2D eigenvalue weighted by molar-refractivity contribution is 9.10. The van der Waals surface area contributed by atoms with Crippen molar-refractivity contribution in [3.63, 3.8) is 0 Å². The highest BCUT2D eigenvalue weighted by Gasteiger charge is 2.59. The van der Waals surface area contributed by atoms with Gasteiger partial charge in [0, 0.05) is 32.4 Å². The number of carbonyl (C=O) groups is 2. The number of methoxy groups -OCH3 is 1. The normalized spacial score (nSPS) is 23.4. The number of aliphatic carboxylic acids is 1. The van der Waals surface area contributed by atoms with Gasteiger partial charge in [-0.25, -0.2) is 9.37 Å². The van der Waals surface area contributed by atoms with Gasteiger partial charge in [0.05, 0.1) is 29.3 Å². The smallest absolute Gasteiger partial charge is 0.309 e. The van der Waals surface area contributed by atoms with E-state index in [1.54, 1.807) is 12.1 Å². The van der Waals surface area contributed by atoms with E-state index >= 15 is 4.39 Å². The van der Waals surface area contributed by atoms with Crippen LogP contribution in [0.25, 0.3) is 22.2 Å². The molecule has 0 unspecified atom stereocenters. The number of pyridine rings is 1. The van der Waals surface area contributed by atoms with Crippen molar-refractivity contribution < 1.29 is 23.8 Å². The standard InChI is InChI=1S/C33H30BrFN2O4/c1-19-27(22-17-21(34)11-12-25(22)36-29(19)20-7-4-3-5-8-20)30(38)37-33-15-13-32(14-16-33,31(39)40)18-23(33)28-24(35)9-6-10-26(28)41-2/h3-12,17,23H,13-16,18H2,1-2H3,(H,37,38)(H,39,40)/t23-,32?,33?/m0/s1. The molecule has 6 nitrogen and oxygen atoms in total. The molecular formula is C33H30BrFN2O4. The third-order valence-corrected chi connectivity index (χ3v) is 9.72. The summed E-state index contributed by atoms with van der Waals surface area (Å²) >= 11 is 3.55. The summed E-state index contributed by atoms with van der Waals surface area (Å²) in [5, 5.41) is 14.3. The van der Waals surface area contributed by atoms with Gasteiger partial charge in [-0.3, -0.25) is 9.59 Å². The van der Waals surface area contributed by atoms with Crippen LogP contribution in [0.15, 0.2) is 71.2 Å². The van der Waals surface area contributed by atoms with Gasteiger partial charge in [-0.2, -0.15) is 0 Å². The monoisotopic (exact) mass is 616 g/mol. The predicted molar refractivity (Wildman–Crippen MR) is 159 cm³/mol. The molecule has 3 aromatic carbocycles. The Bertz CT molecular complexity index is 1680. The number of halogens is 2. The lowest BCUT2D eigenvalue weighted by molar-refractivity contribution is -0.157. The number of nitrogens with one attached hydrogen (secondary N) is 1. The molecule has 1 heterocycles. The summed E-state index contributed by atoms with van der Waals surface area (Å²) < 4.78 is 21.9. The van der Waals surface area contributed by atoms with Crippen molar-refractivity contribution in [3.8, 4) is 17.0 Å². The molecule has 1 aromatic heterocycles. The first-order chi connectivity index (χ1) is 19.7. The topological polar surface area (TPSA) is 88.5 Å². The van der Waals surface area contributed by atoms with Crippen molar-refractivity contribution in [2.75, 3.05) is 7.11 Å². The highest BCUT2D eigenvalue weighted by Crippen LogP contribution is 2.60. The molecule has 41 heavy (non-hydrogen) atoms. The minimum Gasteiger partial charge on any atom is -0.496 e. The van der Waals surface area contributed by atoms with Crippen molar-refractivity contribution in [3.05, 3.63) is 93.7 Å². The van der Waals surface area contributed by atoms with Crippen LogP contribution in [-0.4, -0.2) is 34.6 Å². The van der Waals surface area contributed by atoms with Gasteiger partial charge >= 0.3 is 5.97 Å². The average Bonchev–Trinajstić information content (AvgIpc) is 2.97. The molecule has 3 aliphatic rings. The zero-order valence-corrected chi connectivity index (χ0v) is 24.4. The summed E-state index contributed by atoms with van der Waals surface area (Å²) in [6, 6.07) is 20.0. The van der Waals surface area contributed by atoms with Crippen LogP contribution in [0.2, 0.25) is 0 Å². The maximum Gasteiger partial charge on any atom is 0.309 e. The number of aromatic nitrogens is 1. The Morgan fingerprint density at radius 1 is 1.05 bits per heavy atom. The molecule has 8 heteroatoms. The fraction of sp³-hybridized carbons (Fsp3) is 0.303. The van der Waals surface area contributed by atoms with Gasteiger partial charge in [-0.05, 0) is 74.9 Å². The summed E-state index contributed by atoms with van der Waals surface area (Å²) in [4.78, 5) is 31.8. The van der Waals surface area contributed by atoms with Crippen molar-refractivity contribution >= 4 is 38.7 Å². The molecule has 3 fully saturated rings. The molecule has 0 saturated heterocycles. The fourth-order valence-electron chi connectivity index (χ4n) is 7.03. The van der Waals surface area contributed by atoms with Crippen molar-refractivity contribution in [1.29, 1.82) is 0 Å². The van der Waals surface area contributed by atoms with Gasteiger partial charge in [0.15, 0.2) is 0 Å². The Kier molecular flexibility index (Phi) is 6.85. The molecule has 0 radical (unpaired) electrons. The van der Waals surface area contributed by atoms with Gasteiger partial charge < -0.3 is 15.2 Å². The van der Waals surface area contributed by atoms with E-state index in [0.717, 1.165) is 15.6 Å². The lowest BCUT2D eigenvalue weighted by Crippen LogP contribution is -2.62. The summed E-state index contributed by atoms with van der Waals surface area (Å²) in [6.07, 6.45) is 1.88. The third-order valence-electron chi connectivity index (χ3n) is 9.22. The number of carboxylic acids is 1. The molecule has 3 saturated carbocycles. The molecule has 7 rings (SSSR count). The zero-order chi connectivity index (χ0) is 28.9. The Labute approximate surface area is 246 Å². The maximum atomic E-state index is 15.5. The van der Waals surface area contributed by atoms with Crippen LogP contribution >= 0.6 is 15.9 Å². The average molecular weight is 618 g/mol. The first kappa shape index (κ1) is 27.4. The van der Waals surface area contributed by atoms with Crippen LogP contribution < -0.4 is 10.1 Å². The van der Waals surface area contributed by atoms with E-state index < -0.39 is 28.7 Å².